The van der Waals surface area contributed by atoms with Gasteiger partial charge in [-0.05, 0) is 18.2 Å². The van der Waals surface area contributed by atoms with Gasteiger partial charge in [-0.3, -0.25) is 0 Å². The van der Waals surface area contributed by atoms with Crippen molar-refractivity contribution < 1.29 is 22.0 Å². The maximum Gasteiger partial charge on any atom is 0.328 e. The van der Waals surface area contributed by atoms with E-state index in [2.05, 4.69) is 0 Å². The zero-order valence-electron chi connectivity index (χ0n) is 8.12. The van der Waals surface area contributed by atoms with E-state index in [4.69, 9.17) is 0 Å². The first-order chi connectivity index (χ1) is 7.36. The van der Waals surface area contributed by atoms with Crippen LogP contribution in [-0.4, -0.2) is 21.5 Å². The van der Waals surface area contributed by atoms with Crippen molar-refractivity contribution in [3.05, 3.63) is 29.8 Å². The maximum atomic E-state index is 13.1. The van der Waals surface area contributed by atoms with Crippen LogP contribution in [0.2, 0.25) is 0 Å². The van der Waals surface area contributed by atoms with Crippen LogP contribution in [-0.2, 0) is 10.0 Å². The summed E-state index contributed by atoms with van der Waals surface area (Å²) in [4.78, 5) is 9.86. The molecule has 0 radical (unpaired) electrons. The van der Waals surface area contributed by atoms with Gasteiger partial charge in [-0.15, -0.1) is 0 Å². The molecule has 2 amide bonds. The Labute approximate surface area is 90.5 Å². The second kappa shape index (κ2) is 4.44. The molecular formula is C8H8F2N2O3S. The normalized spacial score (nSPS) is 10.9. The van der Waals surface area contributed by atoms with E-state index >= 15 is 0 Å². The van der Waals surface area contributed by atoms with Crippen molar-refractivity contribution in [1.29, 1.82) is 0 Å². The molecule has 1 rings (SSSR count). The van der Waals surface area contributed by atoms with Gasteiger partial charge in [-0.1, -0.05) is 0 Å². The minimum atomic E-state index is -4.40. The van der Waals surface area contributed by atoms with E-state index in [1.165, 1.54) is 11.8 Å². The van der Waals surface area contributed by atoms with Crippen LogP contribution in [0, 0.1) is 11.6 Å². The van der Waals surface area contributed by atoms with E-state index in [1.54, 1.807) is 0 Å². The predicted octanol–water partition coefficient (Wildman–Crippen LogP) is 0.582. The van der Waals surface area contributed by atoms with E-state index in [0.29, 0.717) is 12.1 Å². The Morgan fingerprint density at radius 2 is 1.94 bits per heavy atom. The van der Waals surface area contributed by atoms with Crippen LogP contribution < -0.4 is 10.0 Å². The molecule has 2 N–H and O–H groups in total. The van der Waals surface area contributed by atoms with Crippen molar-refractivity contribution in [3.8, 4) is 0 Å². The van der Waals surface area contributed by atoms with Gasteiger partial charge in [-0.2, -0.15) is 0 Å². The monoisotopic (exact) mass is 250 g/mol. The molecule has 5 nitrogen and oxygen atoms in total. The average Bonchev–Trinajstić information content (AvgIpc) is 2.20. The Morgan fingerprint density at radius 3 is 2.50 bits per heavy atom. The Morgan fingerprint density at radius 1 is 1.31 bits per heavy atom. The van der Waals surface area contributed by atoms with E-state index in [0.717, 1.165) is 6.07 Å². The summed E-state index contributed by atoms with van der Waals surface area (Å²) in [6, 6.07) is 0.881. The van der Waals surface area contributed by atoms with Gasteiger partial charge >= 0.3 is 6.03 Å². The summed E-state index contributed by atoms with van der Waals surface area (Å²) in [7, 11) is -3.21. The van der Waals surface area contributed by atoms with E-state index in [1.807, 2.05) is 5.32 Å². The van der Waals surface area contributed by atoms with Crippen LogP contribution in [0.25, 0.3) is 0 Å². The largest absolute Gasteiger partial charge is 0.340 e. The summed E-state index contributed by atoms with van der Waals surface area (Å²) in [5, 5.41) is 1.98. The van der Waals surface area contributed by atoms with Crippen LogP contribution in [0.1, 0.15) is 0 Å². The molecule has 1 aromatic carbocycles. The quantitative estimate of drug-likeness (QED) is 0.806. The van der Waals surface area contributed by atoms with Gasteiger partial charge in [0, 0.05) is 7.05 Å². The highest BCUT2D eigenvalue weighted by Gasteiger charge is 2.21. The summed E-state index contributed by atoms with van der Waals surface area (Å²) >= 11 is 0. The number of benzene rings is 1. The lowest BCUT2D eigenvalue weighted by Crippen LogP contribution is -2.37. The lowest BCUT2D eigenvalue weighted by Gasteiger charge is -2.06. The molecule has 0 unspecified atom stereocenters. The van der Waals surface area contributed by atoms with E-state index < -0.39 is 32.6 Å². The number of nitrogens with one attached hydrogen (secondary N) is 2. The van der Waals surface area contributed by atoms with E-state index in [9.17, 15) is 22.0 Å². The summed E-state index contributed by atoms with van der Waals surface area (Å²) in [5.41, 5.74) is 0. The number of rotatable bonds is 2. The van der Waals surface area contributed by atoms with Gasteiger partial charge in [0.15, 0.2) is 0 Å². The zero-order chi connectivity index (χ0) is 12.3. The van der Waals surface area contributed by atoms with Gasteiger partial charge in [0.05, 0.1) is 0 Å². The molecule has 0 saturated carbocycles. The van der Waals surface area contributed by atoms with Crippen LogP contribution in [0.15, 0.2) is 23.1 Å². The van der Waals surface area contributed by atoms with Gasteiger partial charge in [0.1, 0.15) is 16.5 Å². The molecule has 8 heteroatoms. The van der Waals surface area contributed by atoms with Crippen LogP contribution in [0.3, 0.4) is 0 Å². The fraction of sp³-hybridized carbons (Fsp3) is 0.125. The third-order valence-corrected chi connectivity index (χ3v) is 2.98. The number of halogens is 2. The molecule has 0 bridgehead atoms. The number of hydrogen-bond acceptors (Lipinski definition) is 3. The molecule has 0 aliphatic heterocycles. The number of urea groups is 1. The molecule has 0 fully saturated rings. The highest BCUT2D eigenvalue weighted by molar-refractivity contribution is 7.90. The summed E-state index contributed by atoms with van der Waals surface area (Å²) in [5.74, 6) is -2.06. The first kappa shape index (κ1) is 12.4. The van der Waals surface area contributed by atoms with Crippen molar-refractivity contribution in [2.75, 3.05) is 7.05 Å². The standard InChI is InChI=1S/C8H8F2N2O3S/c1-11-8(13)12-16(14,15)7-4-5(9)2-3-6(7)10/h2-4H,1H3,(H2,11,12,13). The average molecular weight is 250 g/mol. The van der Waals surface area contributed by atoms with Gasteiger partial charge in [-0.25, -0.2) is 26.7 Å². The summed E-state index contributed by atoms with van der Waals surface area (Å²) in [6.07, 6.45) is 0. The van der Waals surface area contributed by atoms with Crippen molar-refractivity contribution in [1.82, 2.24) is 10.0 Å². The third-order valence-electron chi connectivity index (χ3n) is 1.64. The summed E-state index contributed by atoms with van der Waals surface area (Å²) in [6.45, 7) is 0. The topological polar surface area (TPSA) is 75.3 Å². The molecule has 16 heavy (non-hydrogen) atoms. The second-order valence-electron chi connectivity index (χ2n) is 2.76. The van der Waals surface area contributed by atoms with Gasteiger partial charge < -0.3 is 5.32 Å². The maximum absolute atomic E-state index is 13.1. The third kappa shape index (κ3) is 2.66. The SMILES string of the molecule is CNC(=O)NS(=O)(=O)c1cc(F)ccc1F. The smallest absolute Gasteiger partial charge is 0.328 e. The molecule has 0 saturated heterocycles. The van der Waals surface area contributed by atoms with Gasteiger partial charge in [0.25, 0.3) is 10.0 Å². The molecule has 0 atom stereocenters. The first-order valence-corrected chi connectivity index (χ1v) is 5.54. The predicted molar refractivity (Wildman–Crippen MR) is 51.1 cm³/mol. The summed E-state index contributed by atoms with van der Waals surface area (Å²) < 4.78 is 50.1. The number of carbonyl (C=O) groups excluding carboxylic acids is 1. The molecule has 0 aliphatic rings. The lowest BCUT2D eigenvalue weighted by molar-refractivity contribution is 0.247. The Hall–Kier alpha value is -1.70. The lowest BCUT2D eigenvalue weighted by atomic mass is 10.3. The Balaban J connectivity index is 3.17. The number of amides is 2. The first-order valence-electron chi connectivity index (χ1n) is 4.06. The van der Waals surface area contributed by atoms with Crippen molar-refractivity contribution >= 4 is 16.1 Å². The Bertz CT molecular complexity index is 516. The minimum Gasteiger partial charge on any atom is -0.340 e. The van der Waals surface area contributed by atoms with Crippen LogP contribution in [0.4, 0.5) is 13.6 Å². The second-order valence-corrected chi connectivity index (χ2v) is 4.41. The number of sulfonamides is 1. The zero-order valence-corrected chi connectivity index (χ0v) is 8.94. The number of carbonyl (C=O) groups is 1. The van der Waals surface area contributed by atoms with Crippen molar-refractivity contribution in [3.63, 3.8) is 0 Å². The fourth-order valence-electron chi connectivity index (χ4n) is 0.911. The highest BCUT2D eigenvalue weighted by Crippen LogP contribution is 2.15. The molecule has 0 spiro atoms. The fourth-order valence-corrected chi connectivity index (χ4v) is 1.96. The molecular weight excluding hydrogens is 242 g/mol. The van der Waals surface area contributed by atoms with Gasteiger partial charge in [0.2, 0.25) is 0 Å². The molecule has 0 heterocycles. The molecule has 0 aliphatic carbocycles. The Kier molecular flexibility index (Phi) is 3.43. The van der Waals surface area contributed by atoms with Crippen LogP contribution >= 0.6 is 0 Å². The van der Waals surface area contributed by atoms with E-state index in [-0.39, 0.29) is 0 Å². The van der Waals surface area contributed by atoms with Crippen LogP contribution in [0.5, 0.6) is 0 Å². The molecule has 1 aromatic rings. The molecule has 88 valence electrons. The highest BCUT2D eigenvalue weighted by atomic mass is 32.2. The van der Waals surface area contributed by atoms with Crippen molar-refractivity contribution in [2.45, 2.75) is 4.90 Å². The minimum absolute atomic E-state index is 0.487. The number of hydrogen-bond donors (Lipinski definition) is 2. The molecule has 0 aromatic heterocycles. The van der Waals surface area contributed by atoms with Crippen molar-refractivity contribution in [2.24, 2.45) is 0 Å².